The Morgan fingerprint density at radius 1 is 1.07 bits per heavy atom. The Morgan fingerprint density at radius 2 is 1.85 bits per heavy atom. The molecule has 0 aromatic carbocycles. The maximum Gasteiger partial charge on any atom is 0.317 e. The van der Waals surface area contributed by atoms with Gasteiger partial charge in [0.25, 0.3) is 0 Å². The molecule has 3 atom stereocenters. The molecular formula is C19H34ClN3O4. The third-order valence-electron chi connectivity index (χ3n) is 6.21. The van der Waals surface area contributed by atoms with Gasteiger partial charge in [0.1, 0.15) is 0 Å². The Labute approximate surface area is 168 Å². The Morgan fingerprint density at radius 3 is 2.63 bits per heavy atom. The van der Waals surface area contributed by atoms with Crippen LogP contribution in [0.5, 0.6) is 0 Å². The van der Waals surface area contributed by atoms with Crippen LogP contribution in [0.2, 0.25) is 0 Å². The van der Waals surface area contributed by atoms with E-state index in [-0.39, 0.29) is 43.0 Å². The van der Waals surface area contributed by atoms with Crippen molar-refractivity contribution in [3.05, 3.63) is 0 Å². The number of likely N-dealkylation sites (tertiary alicyclic amines) is 1. The summed E-state index contributed by atoms with van der Waals surface area (Å²) in [6, 6.07) is 0.559. The number of morpholine rings is 1. The van der Waals surface area contributed by atoms with Gasteiger partial charge in [-0.3, -0.25) is 19.4 Å². The molecule has 0 aromatic heterocycles. The van der Waals surface area contributed by atoms with Gasteiger partial charge in [-0.25, -0.2) is 0 Å². The molecule has 1 amide bonds. The number of carbonyl (C=O) groups excluding carboxylic acids is 1. The van der Waals surface area contributed by atoms with E-state index < -0.39 is 5.97 Å². The lowest BCUT2D eigenvalue weighted by molar-refractivity contribution is -0.150. The number of aliphatic carboxylic acids is 1. The summed E-state index contributed by atoms with van der Waals surface area (Å²) in [6.45, 7) is 3.73. The fourth-order valence-electron chi connectivity index (χ4n) is 4.77. The first-order valence-electron chi connectivity index (χ1n) is 10.1. The molecule has 7 nitrogen and oxygen atoms in total. The van der Waals surface area contributed by atoms with E-state index in [4.69, 9.17) is 9.84 Å². The number of nitrogens with zero attached hydrogens (tertiary/aromatic N) is 3. The van der Waals surface area contributed by atoms with Crippen molar-refractivity contribution < 1.29 is 19.4 Å². The highest BCUT2D eigenvalue weighted by Crippen LogP contribution is 2.28. The summed E-state index contributed by atoms with van der Waals surface area (Å²) in [4.78, 5) is 30.1. The molecule has 0 radical (unpaired) electrons. The summed E-state index contributed by atoms with van der Waals surface area (Å²) in [7, 11) is 1.89. The van der Waals surface area contributed by atoms with Crippen LogP contribution in [-0.4, -0.2) is 96.2 Å². The summed E-state index contributed by atoms with van der Waals surface area (Å²) in [5.74, 6) is -0.541. The predicted molar refractivity (Wildman–Crippen MR) is 105 cm³/mol. The van der Waals surface area contributed by atoms with E-state index in [0.717, 1.165) is 51.7 Å². The molecule has 27 heavy (non-hydrogen) atoms. The minimum atomic E-state index is -0.780. The highest BCUT2D eigenvalue weighted by atomic mass is 35.5. The molecule has 156 valence electrons. The third-order valence-corrected chi connectivity index (χ3v) is 6.21. The van der Waals surface area contributed by atoms with Gasteiger partial charge in [0.15, 0.2) is 0 Å². The summed E-state index contributed by atoms with van der Waals surface area (Å²) < 4.78 is 5.88. The number of amides is 1. The molecule has 8 heteroatoms. The lowest BCUT2D eigenvalue weighted by Crippen LogP contribution is -2.56. The number of carboxylic acids is 1. The van der Waals surface area contributed by atoms with E-state index in [1.165, 1.54) is 12.8 Å². The minimum absolute atomic E-state index is 0. The van der Waals surface area contributed by atoms with Gasteiger partial charge in [-0.15, -0.1) is 12.4 Å². The molecule has 2 aliphatic heterocycles. The molecule has 3 fully saturated rings. The number of hydrogen-bond donors (Lipinski definition) is 1. The fraction of sp³-hybridized carbons (Fsp3) is 0.895. The van der Waals surface area contributed by atoms with Gasteiger partial charge in [0.05, 0.1) is 31.8 Å². The monoisotopic (exact) mass is 403 g/mol. The van der Waals surface area contributed by atoms with Crippen LogP contribution in [0.25, 0.3) is 0 Å². The summed E-state index contributed by atoms with van der Waals surface area (Å²) in [5, 5.41) is 8.98. The molecule has 0 aromatic rings. The van der Waals surface area contributed by atoms with E-state index in [1.54, 1.807) is 0 Å². The molecule has 2 heterocycles. The van der Waals surface area contributed by atoms with Crippen molar-refractivity contribution in [2.24, 2.45) is 0 Å². The highest BCUT2D eigenvalue weighted by molar-refractivity contribution is 5.85. The SMILES string of the molecule is CN(CC(=O)O)C1CCCN(CC(=O)N2CCOC3CCCCC32)CC1.Cl. The Balaban J connectivity index is 0.00000261. The minimum Gasteiger partial charge on any atom is -0.480 e. The van der Waals surface area contributed by atoms with E-state index in [9.17, 15) is 9.59 Å². The van der Waals surface area contributed by atoms with E-state index in [1.807, 2.05) is 11.9 Å². The summed E-state index contributed by atoms with van der Waals surface area (Å²) in [5.41, 5.74) is 0. The van der Waals surface area contributed by atoms with Crippen molar-refractivity contribution in [1.82, 2.24) is 14.7 Å². The van der Waals surface area contributed by atoms with Crippen molar-refractivity contribution in [3.63, 3.8) is 0 Å². The zero-order valence-corrected chi connectivity index (χ0v) is 17.2. The number of carbonyl (C=O) groups is 2. The second kappa shape index (κ2) is 10.6. The van der Waals surface area contributed by atoms with Gasteiger partial charge < -0.3 is 14.7 Å². The average molecular weight is 404 g/mol. The first kappa shape index (κ1) is 22.4. The van der Waals surface area contributed by atoms with Crippen molar-refractivity contribution in [2.75, 3.05) is 46.4 Å². The van der Waals surface area contributed by atoms with Gasteiger partial charge in [-0.05, 0) is 45.7 Å². The molecule has 1 saturated carbocycles. The van der Waals surface area contributed by atoms with Crippen LogP contribution < -0.4 is 0 Å². The van der Waals surface area contributed by atoms with Crippen molar-refractivity contribution in [2.45, 2.75) is 63.1 Å². The summed E-state index contributed by atoms with van der Waals surface area (Å²) >= 11 is 0. The maximum absolute atomic E-state index is 12.9. The lowest BCUT2D eigenvalue weighted by Gasteiger charge is -2.44. The Bertz CT molecular complexity index is 505. The number of halogens is 1. The van der Waals surface area contributed by atoms with Crippen LogP contribution in [0.4, 0.5) is 0 Å². The largest absolute Gasteiger partial charge is 0.480 e. The quantitative estimate of drug-likeness (QED) is 0.749. The number of fused-ring (bicyclic) bond motifs is 1. The standard InChI is InChI=1S/C19H33N3O4.ClH/c1-20(14-19(24)25)15-5-4-9-21(10-8-15)13-18(23)22-11-12-26-17-7-3-2-6-16(17)22;/h15-17H,2-14H2,1H3,(H,24,25);1H. The predicted octanol–water partition coefficient (Wildman–Crippen LogP) is 1.45. The lowest BCUT2D eigenvalue weighted by atomic mass is 9.90. The van der Waals surface area contributed by atoms with Crippen LogP contribution in [0.3, 0.4) is 0 Å². The van der Waals surface area contributed by atoms with Crippen LogP contribution in [-0.2, 0) is 14.3 Å². The molecule has 2 saturated heterocycles. The zero-order chi connectivity index (χ0) is 18.5. The van der Waals surface area contributed by atoms with E-state index >= 15 is 0 Å². The van der Waals surface area contributed by atoms with E-state index in [0.29, 0.717) is 13.2 Å². The fourth-order valence-corrected chi connectivity index (χ4v) is 4.77. The zero-order valence-electron chi connectivity index (χ0n) is 16.3. The van der Waals surface area contributed by atoms with Crippen LogP contribution in [0.15, 0.2) is 0 Å². The molecule has 1 aliphatic carbocycles. The average Bonchev–Trinajstić information content (AvgIpc) is 2.86. The van der Waals surface area contributed by atoms with E-state index in [2.05, 4.69) is 9.80 Å². The van der Waals surface area contributed by atoms with Crippen molar-refractivity contribution >= 4 is 24.3 Å². The Hall–Kier alpha value is -0.890. The third kappa shape index (κ3) is 6.04. The normalized spacial score (nSPS) is 29.6. The van der Waals surface area contributed by atoms with Gasteiger partial charge in [0, 0.05) is 19.1 Å². The van der Waals surface area contributed by atoms with Gasteiger partial charge in [0.2, 0.25) is 5.91 Å². The highest BCUT2D eigenvalue weighted by Gasteiger charge is 2.37. The van der Waals surface area contributed by atoms with Gasteiger partial charge in [-0.2, -0.15) is 0 Å². The number of likely N-dealkylation sites (N-methyl/N-ethyl adjacent to an activating group) is 1. The molecular weight excluding hydrogens is 370 g/mol. The van der Waals surface area contributed by atoms with Gasteiger partial charge in [-0.1, -0.05) is 12.8 Å². The maximum atomic E-state index is 12.9. The van der Waals surface area contributed by atoms with Crippen LogP contribution in [0, 0.1) is 0 Å². The van der Waals surface area contributed by atoms with Crippen molar-refractivity contribution in [3.8, 4) is 0 Å². The molecule has 0 bridgehead atoms. The van der Waals surface area contributed by atoms with Crippen LogP contribution in [0.1, 0.15) is 44.9 Å². The molecule has 1 N–H and O–H groups in total. The Kier molecular flexibility index (Phi) is 8.79. The summed E-state index contributed by atoms with van der Waals surface area (Å²) in [6.07, 6.45) is 7.71. The number of hydrogen-bond acceptors (Lipinski definition) is 5. The molecule has 3 unspecified atom stereocenters. The van der Waals surface area contributed by atoms with Crippen molar-refractivity contribution in [1.29, 1.82) is 0 Å². The molecule has 3 aliphatic rings. The number of carboxylic acid groups (broad SMARTS) is 1. The second-order valence-corrected chi connectivity index (χ2v) is 8.02. The molecule has 3 rings (SSSR count). The topological polar surface area (TPSA) is 73.3 Å². The smallest absolute Gasteiger partial charge is 0.317 e. The van der Waals surface area contributed by atoms with Crippen LogP contribution >= 0.6 is 12.4 Å². The first-order valence-corrected chi connectivity index (χ1v) is 10.1. The van der Waals surface area contributed by atoms with Gasteiger partial charge >= 0.3 is 5.97 Å². The first-order chi connectivity index (χ1) is 12.5. The number of ether oxygens (including phenoxy) is 1. The second-order valence-electron chi connectivity index (χ2n) is 8.02. The number of rotatable bonds is 5. The molecule has 0 spiro atoms.